The van der Waals surface area contributed by atoms with Crippen molar-refractivity contribution in [3.05, 3.63) is 76.7 Å². The zero-order valence-electron chi connectivity index (χ0n) is 17.6. The SMILES string of the molecule is CC(Oc1ccccc1F)c1nn(CN(Cc2ccccc2)C2CCS(=O)(=O)C2)c(=S)o1. The molecule has 0 aliphatic carbocycles. The lowest BCUT2D eigenvalue weighted by atomic mass is 10.1. The Kier molecular flexibility index (Phi) is 6.73. The molecule has 1 saturated heterocycles. The van der Waals surface area contributed by atoms with Gasteiger partial charge in [-0.1, -0.05) is 42.5 Å². The van der Waals surface area contributed by atoms with Crippen LogP contribution in [-0.4, -0.2) is 40.6 Å². The van der Waals surface area contributed by atoms with Crippen LogP contribution in [-0.2, 0) is 23.1 Å². The summed E-state index contributed by atoms with van der Waals surface area (Å²) in [4.78, 5) is 2.19. The Morgan fingerprint density at radius 2 is 1.97 bits per heavy atom. The molecule has 32 heavy (non-hydrogen) atoms. The highest BCUT2D eigenvalue weighted by molar-refractivity contribution is 7.91. The van der Waals surface area contributed by atoms with E-state index in [1.807, 2.05) is 35.2 Å². The van der Waals surface area contributed by atoms with Gasteiger partial charge in [0.25, 0.3) is 10.7 Å². The Hall–Kier alpha value is -2.56. The fourth-order valence-electron chi connectivity index (χ4n) is 3.71. The van der Waals surface area contributed by atoms with Crippen molar-refractivity contribution in [3.63, 3.8) is 0 Å². The topological polar surface area (TPSA) is 77.6 Å². The molecule has 170 valence electrons. The number of ether oxygens (including phenoxy) is 1. The van der Waals surface area contributed by atoms with Crippen molar-refractivity contribution in [2.75, 3.05) is 11.5 Å². The highest BCUT2D eigenvalue weighted by atomic mass is 32.2. The average molecular weight is 478 g/mol. The third kappa shape index (κ3) is 5.43. The third-order valence-electron chi connectivity index (χ3n) is 5.38. The van der Waals surface area contributed by atoms with Gasteiger partial charge in [-0.05, 0) is 43.3 Å². The highest BCUT2D eigenvalue weighted by Crippen LogP contribution is 2.25. The molecule has 0 radical (unpaired) electrons. The van der Waals surface area contributed by atoms with E-state index in [0.717, 1.165) is 5.56 Å². The molecular weight excluding hydrogens is 453 g/mol. The zero-order valence-corrected chi connectivity index (χ0v) is 19.2. The van der Waals surface area contributed by atoms with Crippen LogP contribution in [0.15, 0.2) is 59.0 Å². The molecule has 1 aromatic heterocycles. The van der Waals surface area contributed by atoms with Crippen LogP contribution in [0.4, 0.5) is 4.39 Å². The Bertz CT molecular complexity index is 1230. The first-order valence-corrected chi connectivity index (χ1v) is 12.5. The lowest BCUT2D eigenvalue weighted by molar-refractivity contribution is 0.144. The van der Waals surface area contributed by atoms with E-state index >= 15 is 0 Å². The van der Waals surface area contributed by atoms with Gasteiger partial charge in [0.2, 0.25) is 0 Å². The minimum atomic E-state index is -3.06. The largest absolute Gasteiger partial charge is 0.478 e. The highest BCUT2D eigenvalue weighted by Gasteiger charge is 2.33. The number of aromatic nitrogens is 2. The fourth-order valence-corrected chi connectivity index (χ4v) is 5.65. The van der Waals surface area contributed by atoms with Crippen molar-refractivity contribution in [1.82, 2.24) is 14.7 Å². The summed E-state index contributed by atoms with van der Waals surface area (Å²) in [6, 6.07) is 15.8. The fraction of sp³-hybridized carbons (Fsp3) is 0.364. The molecule has 0 amide bonds. The van der Waals surface area contributed by atoms with Crippen LogP contribution in [0.25, 0.3) is 0 Å². The maximum Gasteiger partial charge on any atom is 0.288 e. The van der Waals surface area contributed by atoms with Crippen LogP contribution in [0.3, 0.4) is 0 Å². The Morgan fingerprint density at radius 1 is 1.25 bits per heavy atom. The van der Waals surface area contributed by atoms with Crippen molar-refractivity contribution in [3.8, 4) is 5.75 Å². The van der Waals surface area contributed by atoms with Crippen molar-refractivity contribution in [1.29, 1.82) is 0 Å². The maximum absolute atomic E-state index is 13.9. The minimum absolute atomic E-state index is 0.0949. The van der Waals surface area contributed by atoms with Gasteiger partial charge in [-0.3, -0.25) is 4.90 Å². The molecule has 7 nitrogen and oxygen atoms in total. The summed E-state index contributed by atoms with van der Waals surface area (Å²) in [5, 5.41) is 4.43. The summed E-state index contributed by atoms with van der Waals surface area (Å²) >= 11 is 5.34. The molecule has 2 unspecified atom stereocenters. The van der Waals surface area contributed by atoms with Crippen LogP contribution in [0.5, 0.6) is 5.75 Å². The monoisotopic (exact) mass is 477 g/mol. The summed E-state index contributed by atoms with van der Waals surface area (Å²) in [7, 11) is -3.06. The lowest BCUT2D eigenvalue weighted by Crippen LogP contribution is -2.37. The van der Waals surface area contributed by atoms with Crippen molar-refractivity contribution < 1.29 is 22.0 Å². The normalized spacial score (nSPS) is 18.7. The first-order valence-electron chi connectivity index (χ1n) is 10.3. The number of hydrogen-bond donors (Lipinski definition) is 0. The number of sulfone groups is 1. The van der Waals surface area contributed by atoms with E-state index in [1.54, 1.807) is 19.1 Å². The van der Waals surface area contributed by atoms with Gasteiger partial charge >= 0.3 is 0 Å². The van der Waals surface area contributed by atoms with Crippen LogP contribution >= 0.6 is 12.2 Å². The van der Waals surface area contributed by atoms with Crippen LogP contribution in [0.1, 0.15) is 30.9 Å². The number of rotatable bonds is 8. The summed E-state index contributed by atoms with van der Waals surface area (Å²) < 4.78 is 50.8. The summed E-state index contributed by atoms with van der Waals surface area (Å²) in [5.41, 5.74) is 1.06. The van der Waals surface area contributed by atoms with E-state index in [-0.39, 0.29) is 40.7 Å². The van der Waals surface area contributed by atoms with Gasteiger partial charge in [-0.2, -0.15) is 0 Å². The molecule has 4 rings (SSSR count). The van der Waals surface area contributed by atoms with Crippen LogP contribution in [0.2, 0.25) is 0 Å². The molecule has 10 heteroatoms. The molecule has 0 bridgehead atoms. The number of benzene rings is 2. The van der Waals surface area contributed by atoms with E-state index in [1.165, 1.54) is 16.8 Å². The van der Waals surface area contributed by atoms with Gasteiger partial charge in [0.15, 0.2) is 27.5 Å². The predicted octanol–water partition coefficient (Wildman–Crippen LogP) is 4.13. The number of halogens is 1. The third-order valence-corrected chi connectivity index (χ3v) is 7.42. The lowest BCUT2D eigenvalue weighted by Gasteiger charge is -2.27. The molecule has 0 N–H and O–H groups in total. The molecule has 1 aliphatic rings. The molecule has 0 saturated carbocycles. The summed E-state index contributed by atoms with van der Waals surface area (Å²) in [6.07, 6.45) is -0.107. The van der Waals surface area contributed by atoms with Crippen molar-refractivity contribution >= 4 is 22.1 Å². The molecule has 3 aromatic rings. The van der Waals surface area contributed by atoms with Crippen molar-refractivity contribution in [2.24, 2.45) is 0 Å². The molecule has 2 heterocycles. The predicted molar refractivity (Wildman–Crippen MR) is 120 cm³/mol. The standard InChI is InChI=1S/C22H24FN3O4S2/c1-16(29-20-10-6-5-9-19(20)23)21-24-26(22(31)30-21)15-25(13-17-7-3-2-4-8-17)18-11-12-32(27,28)14-18/h2-10,16,18H,11-15H2,1H3. The summed E-state index contributed by atoms with van der Waals surface area (Å²) in [6.45, 7) is 2.51. The van der Waals surface area contributed by atoms with Gasteiger partial charge in [0.05, 0.1) is 18.2 Å². The Morgan fingerprint density at radius 3 is 2.66 bits per heavy atom. The second-order valence-electron chi connectivity index (χ2n) is 7.83. The molecule has 1 aliphatic heterocycles. The average Bonchev–Trinajstić information content (AvgIpc) is 3.32. The van der Waals surface area contributed by atoms with E-state index in [9.17, 15) is 12.8 Å². The van der Waals surface area contributed by atoms with Gasteiger partial charge in [0.1, 0.15) is 0 Å². The maximum atomic E-state index is 13.9. The van der Waals surface area contributed by atoms with E-state index < -0.39 is 21.8 Å². The van der Waals surface area contributed by atoms with Gasteiger partial charge in [0, 0.05) is 12.6 Å². The molecule has 2 aromatic carbocycles. The van der Waals surface area contributed by atoms with Gasteiger partial charge in [-0.25, -0.2) is 17.5 Å². The molecule has 1 fully saturated rings. The van der Waals surface area contributed by atoms with Crippen molar-refractivity contribution in [2.45, 2.75) is 38.7 Å². The first kappa shape index (κ1) is 22.6. The molecule has 0 spiro atoms. The quantitative estimate of drug-likeness (QED) is 0.452. The summed E-state index contributed by atoms with van der Waals surface area (Å²) in [5.74, 6) is 0.111. The molecular formula is C22H24FN3O4S2. The minimum Gasteiger partial charge on any atom is -0.478 e. The zero-order chi connectivity index (χ0) is 22.7. The Labute approximate surface area is 191 Å². The molecule has 2 atom stereocenters. The second kappa shape index (κ2) is 9.51. The van der Waals surface area contributed by atoms with Gasteiger partial charge < -0.3 is 9.15 Å². The Balaban J connectivity index is 1.54. The van der Waals surface area contributed by atoms with Crippen LogP contribution < -0.4 is 4.74 Å². The van der Waals surface area contributed by atoms with E-state index in [4.69, 9.17) is 21.4 Å². The second-order valence-corrected chi connectivity index (χ2v) is 10.4. The van der Waals surface area contributed by atoms with E-state index in [0.29, 0.717) is 13.0 Å². The number of hydrogen-bond acceptors (Lipinski definition) is 7. The van der Waals surface area contributed by atoms with Gasteiger partial charge in [-0.15, -0.1) is 5.10 Å². The first-order chi connectivity index (χ1) is 15.3. The van der Waals surface area contributed by atoms with E-state index in [2.05, 4.69) is 5.10 Å². The van der Waals surface area contributed by atoms with Crippen LogP contribution in [0, 0.1) is 10.7 Å². The number of nitrogens with zero attached hydrogens (tertiary/aromatic N) is 3. The smallest absolute Gasteiger partial charge is 0.288 e. The number of para-hydroxylation sites is 1.